The molecule has 0 spiro atoms. The monoisotopic (exact) mass is 204 g/mol. The first-order chi connectivity index (χ1) is 6.95. The highest BCUT2D eigenvalue weighted by Crippen LogP contribution is 2.37. The number of imidazole rings is 1. The molecule has 1 aromatic carbocycles. The van der Waals surface area contributed by atoms with Crippen molar-refractivity contribution >= 4 is 22.8 Å². The van der Waals surface area contributed by atoms with Crippen LogP contribution >= 0.6 is 11.8 Å². The maximum Gasteiger partial charge on any atom is 0.0968 e. The number of nitrogens with zero attached hydrogens (tertiary/aromatic N) is 2. The third-order valence-corrected chi connectivity index (χ3v) is 4.07. The van der Waals surface area contributed by atoms with Crippen molar-refractivity contribution in [1.82, 2.24) is 9.55 Å². The van der Waals surface area contributed by atoms with E-state index in [1.54, 1.807) is 0 Å². The van der Waals surface area contributed by atoms with Crippen molar-refractivity contribution in [2.45, 2.75) is 18.2 Å². The number of thioether (sulfide) groups is 1. The SMILES string of the molecule is c1ccc2c(c1)ncn2C1CCCS1. The molecule has 1 aliphatic heterocycles. The van der Waals surface area contributed by atoms with Crippen LogP contribution in [0.3, 0.4) is 0 Å². The van der Waals surface area contributed by atoms with Crippen LogP contribution in [0.5, 0.6) is 0 Å². The quantitative estimate of drug-likeness (QED) is 0.710. The van der Waals surface area contributed by atoms with Gasteiger partial charge in [-0.2, -0.15) is 0 Å². The molecule has 1 atom stereocenters. The minimum absolute atomic E-state index is 0.613. The minimum atomic E-state index is 0.613. The first-order valence-corrected chi connectivity index (χ1v) is 6.03. The summed E-state index contributed by atoms with van der Waals surface area (Å²) in [6.07, 6.45) is 4.60. The molecule has 0 N–H and O–H groups in total. The van der Waals surface area contributed by atoms with E-state index in [1.165, 1.54) is 24.1 Å². The lowest BCUT2D eigenvalue weighted by molar-refractivity contribution is 0.659. The van der Waals surface area contributed by atoms with Crippen LogP contribution in [0.1, 0.15) is 18.2 Å². The van der Waals surface area contributed by atoms with E-state index in [4.69, 9.17) is 0 Å². The lowest BCUT2D eigenvalue weighted by Gasteiger charge is -2.10. The van der Waals surface area contributed by atoms with Gasteiger partial charge in [0, 0.05) is 0 Å². The molecule has 1 saturated heterocycles. The van der Waals surface area contributed by atoms with Crippen molar-refractivity contribution in [2.24, 2.45) is 0 Å². The van der Waals surface area contributed by atoms with Crippen LogP contribution in [0.25, 0.3) is 11.0 Å². The van der Waals surface area contributed by atoms with Gasteiger partial charge in [-0.05, 0) is 30.7 Å². The smallest absolute Gasteiger partial charge is 0.0968 e. The third kappa shape index (κ3) is 1.23. The van der Waals surface area contributed by atoms with Crippen LogP contribution < -0.4 is 0 Å². The van der Waals surface area contributed by atoms with Crippen molar-refractivity contribution in [2.75, 3.05) is 5.75 Å². The number of para-hydroxylation sites is 2. The Labute approximate surface area is 87.3 Å². The fraction of sp³-hybridized carbons (Fsp3) is 0.364. The lowest BCUT2D eigenvalue weighted by Crippen LogP contribution is -1.98. The van der Waals surface area contributed by atoms with Crippen LogP contribution in [0.2, 0.25) is 0 Å². The van der Waals surface area contributed by atoms with Gasteiger partial charge in [-0.3, -0.25) is 0 Å². The van der Waals surface area contributed by atoms with Crippen molar-refractivity contribution in [3.63, 3.8) is 0 Å². The lowest BCUT2D eigenvalue weighted by atomic mass is 10.3. The van der Waals surface area contributed by atoms with Gasteiger partial charge in [-0.15, -0.1) is 11.8 Å². The summed E-state index contributed by atoms with van der Waals surface area (Å²) in [6.45, 7) is 0. The summed E-state index contributed by atoms with van der Waals surface area (Å²) in [5.74, 6) is 1.29. The summed E-state index contributed by atoms with van der Waals surface area (Å²) in [6, 6.07) is 8.36. The highest BCUT2D eigenvalue weighted by Gasteiger charge is 2.18. The second-order valence-electron chi connectivity index (χ2n) is 3.61. The molecule has 0 bridgehead atoms. The highest BCUT2D eigenvalue weighted by atomic mass is 32.2. The van der Waals surface area contributed by atoms with Gasteiger partial charge in [-0.1, -0.05) is 12.1 Å². The van der Waals surface area contributed by atoms with Crippen LogP contribution in [0, 0.1) is 0 Å². The van der Waals surface area contributed by atoms with Gasteiger partial charge < -0.3 is 4.57 Å². The second-order valence-corrected chi connectivity index (χ2v) is 4.89. The number of rotatable bonds is 1. The molecule has 2 heterocycles. The molecule has 2 aromatic rings. The normalized spacial score (nSPS) is 21.9. The van der Waals surface area contributed by atoms with E-state index in [9.17, 15) is 0 Å². The summed E-state index contributed by atoms with van der Waals surface area (Å²) in [5.41, 5.74) is 2.38. The van der Waals surface area contributed by atoms with E-state index in [2.05, 4.69) is 27.8 Å². The van der Waals surface area contributed by atoms with Gasteiger partial charge in [0.1, 0.15) is 0 Å². The highest BCUT2D eigenvalue weighted by molar-refractivity contribution is 7.99. The Balaban J connectivity index is 2.11. The maximum atomic E-state index is 4.41. The van der Waals surface area contributed by atoms with Gasteiger partial charge in [-0.25, -0.2) is 4.98 Å². The molecule has 1 aromatic heterocycles. The summed E-state index contributed by atoms with van der Waals surface area (Å²) in [5, 5.41) is 0.613. The molecule has 1 unspecified atom stereocenters. The Kier molecular flexibility index (Phi) is 1.98. The summed E-state index contributed by atoms with van der Waals surface area (Å²) < 4.78 is 2.31. The van der Waals surface area contributed by atoms with Crippen molar-refractivity contribution in [1.29, 1.82) is 0 Å². The molecular formula is C11H12N2S. The molecule has 0 aliphatic carbocycles. The zero-order valence-electron chi connectivity index (χ0n) is 7.89. The van der Waals surface area contributed by atoms with Gasteiger partial charge in [0.25, 0.3) is 0 Å². The first kappa shape index (κ1) is 8.36. The van der Waals surface area contributed by atoms with E-state index < -0.39 is 0 Å². The molecule has 3 rings (SSSR count). The van der Waals surface area contributed by atoms with Crippen LogP contribution in [0.15, 0.2) is 30.6 Å². The summed E-state index contributed by atoms with van der Waals surface area (Å²) in [4.78, 5) is 4.41. The number of fused-ring (bicyclic) bond motifs is 1. The number of aromatic nitrogens is 2. The number of hydrogen-bond donors (Lipinski definition) is 0. The Morgan fingerprint density at radius 3 is 3.14 bits per heavy atom. The summed E-state index contributed by atoms with van der Waals surface area (Å²) in [7, 11) is 0. The topological polar surface area (TPSA) is 17.8 Å². The molecule has 0 radical (unpaired) electrons. The largest absolute Gasteiger partial charge is 0.318 e. The Morgan fingerprint density at radius 2 is 2.29 bits per heavy atom. The molecule has 72 valence electrons. The van der Waals surface area contributed by atoms with E-state index in [-0.39, 0.29) is 0 Å². The molecular weight excluding hydrogens is 192 g/mol. The van der Waals surface area contributed by atoms with E-state index in [0.717, 1.165) is 5.52 Å². The van der Waals surface area contributed by atoms with Crippen molar-refractivity contribution in [3.05, 3.63) is 30.6 Å². The Morgan fingerprint density at radius 1 is 1.36 bits per heavy atom. The molecule has 0 amide bonds. The third-order valence-electron chi connectivity index (χ3n) is 2.70. The average molecular weight is 204 g/mol. The maximum absolute atomic E-state index is 4.41. The van der Waals surface area contributed by atoms with Gasteiger partial charge in [0.2, 0.25) is 0 Å². The molecule has 2 nitrogen and oxygen atoms in total. The van der Waals surface area contributed by atoms with Crippen LogP contribution in [-0.2, 0) is 0 Å². The fourth-order valence-electron chi connectivity index (χ4n) is 1.99. The molecule has 0 saturated carbocycles. The van der Waals surface area contributed by atoms with E-state index in [1.807, 2.05) is 24.2 Å². The predicted molar refractivity (Wildman–Crippen MR) is 60.5 cm³/mol. The zero-order chi connectivity index (χ0) is 9.38. The number of benzene rings is 1. The van der Waals surface area contributed by atoms with Crippen molar-refractivity contribution < 1.29 is 0 Å². The van der Waals surface area contributed by atoms with Gasteiger partial charge in [0.05, 0.1) is 22.7 Å². The van der Waals surface area contributed by atoms with Gasteiger partial charge >= 0.3 is 0 Å². The zero-order valence-corrected chi connectivity index (χ0v) is 8.70. The van der Waals surface area contributed by atoms with E-state index in [0.29, 0.717) is 5.37 Å². The second kappa shape index (κ2) is 3.31. The summed E-state index contributed by atoms with van der Waals surface area (Å²) >= 11 is 2.04. The van der Waals surface area contributed by atoms with Gasteiger partial charge in [0.15, 0.2) is 0 Å². The van der Waals surface area contributed by atoms with Crippen LogP contribution in [-0.4, -0.2) is 15.3 Å². The predicted octanol–water partition coefficient (Wildman–Crippen LogP) is 3.06. The molecule has 1 aliphatic rings. The minimum Gasteiger partial charge on any atom is -0.318 e. The Hall–Kier alpha value is -0.960. The molecule has 3 heteroatoms. The fourth-order valence-corrected chi connectivity index (χ4v) is 3.26. The van der Waals surface area contributed by atoms with Crippen LogP contribution in [0.4, 0.5) is 0 Å². The molecule has 1 fully saturated rings. The average Bonchev–Trinajstić information content (AvgIpc) is 2.85. The first-order valence-electron chi connectivity index (χ1n) is 4.98. The Bertz CT molecular complexity index is 443. The van der Waals surface area contributed by atoms with Crippen molar-refractivity contribution in [3.8, 4) is 0 Å². The standard InChI is InChI=1S/C11H12N2S/c1-2-5-10-9(4-1)12-8-13(10)11-6-3-7-14-11/h1-2,4-5,8,11H,3,6-7H2. The van der Waals surface area contributed by atoms with E-state index >= 15 is 0 Å². The number of hydrogen-bond acceptors (Lipinski definition) is 2. The molecule has 14 heavy (non-hydrogen) atoms.